The molecule has 0 saturated heterocycles. The summed E-state index contributed by atoms with van der Waals surface area (Å²) < 4.78 is 0.106. The largest absolute Gasteiger partial charge is 0.527 e. The number of hydrogen-bond acceptors (Lipinski definition) is 8. The van der Waals surface area contributed by atoms with Crippen LogP contribution in [0.3, 0.4) is 0 Å². The second kappa shape index (κ2) is 4.01. The fraction of sp³-hybridized carbons (Fsp3) is 0.333. The van der Waals surface area contributed by atoms with Crippen molar-refractivity contribution in [1.82, 2.24) is 14.3 Å². The molecule has 16 heavy (non-hydrogen) atoms. The van der Waals surface area contributed by atoms with Crippen molar-refractivity contribution < 1.29 is 14.8 Å². The predicted molar refractivity (Wildman–Crippen MR) is 44.7 cm³/mol. The van der Waals surface area contributed by atoms with Crippen molar-refractivity contribution in [3.8, 4) is 0 Å². The highest BCUT2D eigenvalue weighted by Crippen LogP contribution is 2.18. The maximum atomic E-state index is 10.3. The first-order valence-electron chi connectivity index (χ1n) is 3.39. The maximum Gasteiger partial charge on any atom is 0.527 e. The molecule has 0 aliphatic rings. The van der Waals surface area contributed by atoms with Crippen LogP contribution in [0.15, 0.2) is 0 Å². The van der Waals surface area contributed by atoms with E-state index in [9.17, 15) is 30.3 Å². The van der Waals surface area contributed by atoms with Crippen LogP contribution in [0.5, 0.6) is 0 Å². The van der Waals surface area contributed by atoms with Crippen molar-refractivity contribution in [2.75, 3.05) is 0 Å². The molecule has 0 atom stereocenters. The Kier molecular flexibility index (Phi) is 2.94. The Morgan fingerprint density at radius 3 is 2.00 bits per heavy atom. The summed E-state index contributed by atoms with van der Waals surface area (Å²) >= 11 is 5.20. The van der Waals surface area contributed by atoms with Gasteiger partial charge in [0.1, 0.15) is 9.85 Å². The van der Waals surface area contributed by atoms with Crippen molar-refractivity contribution in [1.29, 1.82) is 0 Å². The number of hydrogen-bond donors (Lipinski definition) is 0. The Labute approximate surface area is 90.0 Å². The van der Waals surface area contributed by atoms with Crippen molar-refractivity contribution in [2.45, 2.75) is 6.17 Å². The average Bonchev–Trinajstić information content (AvgIpc) is 2.47. The zero-order valence-electron chi connectivity index (χ0n) is 7.09. The Balaban J connectivity index is 3.25. The van der Waals surface area contributed by atoms with E-state index in [-0.39, 0.29) is 4.20 Å². The number of nitrogens with zero attached hydrogens (tertiary/aromatic N) is 6. The second-order valence-corrected chi connectivity index (χ2v) is 2.65. The van der Waals surface area contributed by atoms with Crippen LogP contribution in [-0.4, -0.2) is 29.1 Å². The van der Waals surface area contributed by atoms with Gasteiger partial charge < -0.3 is 10.1 Å². The Hall–Kier alpha value is -2.37. The molecule has 86 valence electrons. The van der Waals surface area contributed by atoms with Crippen molar-refractivity contribution in [2.24, 2.45) is 0 Å². The van der Waals surface area contributed by atoms with E-state index < -0.39 is 32.7 Å². The van der Waals surface area contributed by atoms with Gasteiger partial charge in [0.05, 0.1) is 11.8 Å². The fourth-order valence-electron chi connectivity index (χ4n) is 0.792. The van der Waals surface area contributed by atoms with Crippen LogP contribution < -0.4 is 0 Å². The predicted octanol–water partition coefficient (Wildman–Crippen LogP) is -0.260. The number of halogens is 1. The lowest BCUT2D eigenvalue weighted by atomic mass is 10.5. The Bertz CT molecular complexity index is 455. The molecule has 0 saturated carbocycles. The van der Waals surface area contributed by atoms with Gasteiger partial charge >= 0.3 is 17.9 Å². The second-order valence-electron chi connectivity index (χ2n) is 2.33. The van der Waals surface area contributed by atoms with Gasteiger partial charge in [-0.3, -0.25) is 20.2 Å². The minimum atomic E-state index is -2.50. The van der Waals surface area contributed by atoms with E-state index in [1.165, 1.54) is 0 Å². The first-order valence-corrected chi connectivity index (χ1v) is 3.73. The highest BCUT2D eigenvalue weighted by Gasteiger charge is 2.46. The molecule has 0 aromatic carbocycles. The van der Waals surface area contributed by atoms with Crippen molar-refractivity contribution in [3.05, 3.63) is 36.2 Å². The van der Waals surface area contributed by atoms with Gasteiger partial charge in [0, 0.05) is 5.10 Å². The summed E-state index contributed by atoms with van der Waals surface area (Å²) in [6.45, 7) is 0. The minimum Gasteiger partial charge on any atom is -0.390 e. The molecule has 0 radical (unpaired) electrons. The molecule has 0 spiro atoms. The van der Waals surface area contributed by atoms with E-state index in [4.69, 9.17) is 11.8 Å². The lowest BCUT2D eigenvalue weighted by Gasteiger charge is -1.94. The molecule has 0 aliphatic carbocycles. The van der Waals surface area contributed by atoms with Gasteiger partial charge in [-0.25, -0.2) is 0 Å². The molecule has 0 aliphatic heterocycles. The first kappa shape index (κ1) is 11.7. The molecular weight excluding hydrogens is 252 g/mol. The number of aromatic nitrogens is 3. The fourth-order valence-corrected chi connectivity index (χ4v) is 0.984. The molecule has 13 heteroatoms. The van der Waals surface area contributed by atoms with Gasteiger partial charge in [0.2, 0.25) is 0 Å². The lowest BCUT2D eigenvalue weighted by molar-refractivity contribution is -0.754. The summed E-state index contributed by atoms with van der Waals surface area (Å²) in [5.41, 5.74) is 0. The highest BCUT2D eigenvalue weighted by molar-refractivity contribution is 6.15. The summed E-state index contributed by atoms with van der Waals surface area (Å²) in [6.07, 6.45) is -2.50. The van der Waals surface area contributed by atoms with Gasteiger partial charge in [-0.15, -0.1) is 0 Å². The molecule has 1 rings (SSSR count). The maximum absolute atomic E-state index is 10.3. The van der Waals surface area contributed by atoms with E-state index in [1.807, 2.05) is 0 Å². The molecule has 0 fully saturated rings. The Morgan fingerprint density at radius 2 is 1.69 bits per heavy atom. The van der Waals surface area contributed by atoms with E-state index in [1.54, 1.807) is 0 Å². The molecule has 0 N–H and O–H groups in total. The molecule has 1 aromatic rings. The first-order chi connectivity index (χ1) is 7.34. The third-order valence-electron chi connectivity index (χ3n) is 1.37. The minimum absolute atomic E-state index is 0.106. The normalized spacial score (nSPS) is 10.4. The average molecular weight is 253 g/mol. The highest BCUT2D eigenvalue weighted by atomic mass is 35.5. The van der Waals surface area contributed by atoms with Crippen LogP contribution in [0.1, 0.15) is 12.0 Å². The molecule has 1 aromatic heterocycles. The third kappa shape index (κ3) is 2.00. The summed E-state index contributed by atoms with van der Waals surface area (Å²) in [7, 11) is 0. The van der Waals surface area contributed by atoms with Crippen LogP contribution in [0.25, 0.3) is 0 Å². The van der Waals surface area contributed by atoms with Crippen LogP contribution in [0.4, 0.5) is 5.95 Å². The summed E-state index contributed by atoms with van der Waals surface area (Å²) in [5.74, 6) is -2.00. The van der Waals surface area contributed by atoms with Crippen LogP contribution in [0, 0.1) is 30.3 Å². The summed E-state index contributed by atoms with van der Waals surface area (Å²) in [6, 6.07) is 0. The quantitative estimate of drug-likeness (QED) is 0.402. The SMILES string of the molecule is O=[N+]([O-])c1nc(C([N+](=O)[O-])[N+](=O)[O-])n(Cl)n1. The van der Waals surface area contributed by atoms with Gasteiger partial charge in [-0.1, -0.05) is 4.20 Å². The molecule has 0 amide bonds. The van der Waals surface area contributed by atoms with E-state index >= 15 is 0 Å². The molecule has 0 bridgehead atoms. The van der Waals surface area contributed by atoms with E-state index in [0.717, 1.165) is 0 Å². The summed E-state index contributed by atoms with van der Waals surface area (Å²) in [5, 5.41) is 33.8. The topological polar surface area (TPSA) is 160 Å². The number of rotatable bonds is 4. The Morgan fingerprint density at radius 1 is 1.19 bits per heavy atom. The molecule has 1 heterocycles. The third-order valence-corrected chi connectivity index (χ3v) is 1.62. The van der Waals surface area contributed by atoms with E-state index in [2.05, 4.69) is 10.1 Å². The summed E-state index contributed by atoms with van der Waals surface area (Å²) in [4.78, 5) is 30.2. The van der Waals surface area contributed by atoms with Crippen LogP contribution in [-0.2, 0) is 0 Å². The van der Waals surface area contributed by atoms with Gasteiger partial charge in [-0.05, 0) is 9.91 Å². The molecular formula is C3HClN6O6. The van der Waals surface area contributed by atoms with E-state index in [0.29, 0.717) is 0 Å². The van der Waals surface area contributed by atoms with Crippen LogP contribution >= 0.6 is 11.8 Å². The zero-order valence-corrected chi connectivity index (χ0v) is 7.84. The lowest BCUT2D eigenvalue weighted by Crippen LogP contribution is -2.22. The monoisotopic (exact) mass is 252 g/mol. The van der Waals surface area contributed by atoms with Gasteiger partial charge in [0.15, 0.2) is 0 Å². The smallest absolute Gasteiger partial charge is 0.390 e. The van der Waals surface area contributed by atoms with Gasteiger partial charge in [0.25, 0.3) is 0 Å². The van der Waals surface area contributed by atoms with Crippen LogP contribution in [0.2, 0.25) is 0 Å². The molecule has 12 nitrogen and oxygen atoms in total. The van der Waals surface area contributed by atoms with Gasteiger partial charge in [-0.2, -0.15) is 0 Å². The van der Waals surface area contributed by atoms with Crippen molar-refractivity contribution in [3.63, 3.8) is 0 Å². The van der Waals surface area contributed by atoms with Crippen molar-refractivity contribution >= 4 is 17.7 Å². The number of nitro groups is 3. The molecule has 0 unspecified atom stereocenters. The standard InChI is InChI=1S/C3HClN6O6/c4-7-1(2(8(11)12)9(13)14)5-3(6-7)10(15)16/h2H. The zero-order chi connectivity index (χ0) is 12.5.